The van der Waals surface area contributed by atoms with Crippen LogP contribution in [0.3, 0.4) is 0 Å². The van der Waals surface area contributed by atoms with E-state index in [1.165, 1.54) is 12.1 Å². The molecule has 1 unspecified atom stereocenters. The van der Waals surface area contributed by atoms with Gasteiger partial charge in [0, 0.05) is 30.9 Å². The van der Waals surface area contributed by atoms with Crippen molar-refractivity contribution in [1.29, 1.82) is 0 Å². The van der Waals surface area contributed by atoms with E-state index in [-0.39, 0.29) is 5.82 Å². The van der Waals surface area contributed by atoms with Crippen LogP contribution in [-0.4, -0.2) is 39.7 Å². The highest BCUT2D eigenvalue weighted by Gasteiger charge is 2.35. The van der Waals surface area contributed by atoms with E-state index in [4.69, 9.17) is 4.74 Å². The maximum absolute atomic E-state index is 13.1. The number of aromatic nitrogens is 4. The van der Waals surface area contributed by atoms with Gasteiger partial charge in [0.2, 0.25) is 0 Å². The van der Waals surface area contributed by atoms with E-state index in [9.17, 15) is 4.39 Å². The Morgan fingerprint density at radius 2 is 1.92 bits per heavy atom. The van der Waals surface area contributed by atoms with Gasteiger partial charge in [-0.05, 0) is 43.3 Å². The lowest BCUT2D eigenvalue weighted by molar-refractivity contribution is -0.0468. The fourth-order valence-corrected chi connectivity index (χ4v) is 3.20. The molecule has 1 saturated heterocycles. The second kappa shape index (κ2) is 6.49. The highest BCUT2D eigenvalue weighted by Crippen LogP contribution is 2.31. The Labute approximate surface area is 151 Å². The van der Waals surface area contributed by atoms with E-state index in [2.05, 4.69) is 27.1 Å². The van der Waals surface area contributed by atoms with E-state index in [1.807, 2.05) is 31.6 Å². The van der Waals surface area contributed by atoms with Crippen LogP contribution < -0.4 is 4.90 Å². The topological polar surface area (TPSA) is 56.1 Å². The molecule has 1 aliphatic heterocycles. The summed E-state index contributed by atoms with van der Waals surface area (Å²) < 4.78 is 20.9. The lowest BCUT2D eigenvalue weighted by atomic mass is 9.97. The summed E-state index contributed by atoms with van der Waals surface area (Å²) in [6.07, 6.45) is 3.82. The van der Waals surface area contributed by atoms with Gasteiger partial charge in [0.05, 0.1) is 25.0 Å². The van der Waals surface area contributed by atoms with Crippen LogP contribution >= 0.6 is 0 Å². The number of hydrogen-bond donors (Lipinski definition) is 0. The van der Waals surface area contributed by atoms with E-state index < -0.39 is 5.60 Å². The van der Waals surface area contributed by atoms with Crippen molar-refractivity contribution in [2.75, 3.05) is 24.6 Å². The smallest absolute Gasteiger partial charge is 0.151 e. The average Bonchev–Trinajstić information content (AvgIpc) is 3.10. The third kappa shape index (κ3) is 3.17. The van der Waals surface area contributed by atoms with Crippen LogP contribution in [0.5, 0.6) is 0 Å². The number of rotatable bonds is 3. The molecule has 0 N–H and O–H groups in total. The first kappa shape index (κ1) is 16.7. The van der Waals surface area contributed by atoms with Crippen LogP contribution in [0.2, 0.25) is 0 Å². The minimum Gasteiger partial charge on any atom is -0.367 e. The molecule has 1 aromatic carbocycles. The molecular formula is C19H20FN5O. The number of hydrogen-bond acceptors (Lipinski definition) is 5. The van der Waals surface area contributed by atoms with E-state index in [0.29, 0.717) is 13.2 Å². The predicted octanol–water partition coefficient (Wildman–Crippen LogP) is 2.77. The van der Waals surface area contributed by atoms with Gasteiger partial charge >= 0.3 is 0 Å². The molecule has 1 atom stereocenters. The van der Waals surface area contributed by atoms with Crippen LogP contribution in [0, 0.1) is 5.82 Å². The first-order valence-electron chi connectivity index (χ1n) is 8.51. The summed E-state index contributed by atoms with van der Waals surface area (Å²) in [6.45, 7) is 4.09. The molecule has 0 spiro atoms. The molecule has 3 aromatic rings. The van der Waals surface area contributed by atoms with Crippen molar-refractivity contribution in [3.63, 3.8) is 0 Å². The van der Waals surface area contributed by atoms with Gasteiger partial charge in [-0.1, -0.05) is 0 Å². The minimum absolute atomic E-state index is 0.263. The highest BCUT2D eigenvalue weighted by molar-refractivity contribution is 5.59. The Hall–Kier alpha value is -2.80. The van der Waals surface area contributed by atoms with E-state index in [1.54, 1.807) is 16.8 Å². The largest absolute Gasteiger partial charge is 0.367 e. The van der Waals surface area contributed by atoms with Gasteiger partial charge in [0.1, 0.15) is 11.4 Å². The zero-order valence-corrected chi connectivity index (χ0v) is 14.8. The van der Waals surface area contributed by atoms with Crippen LogP contribution in [0.15, 0.2) is 48.8 Å². The fraction of sp³-hybridized carbons (Fsp3) is 0.316. The number of anilines is 1. The molecule has 6 nitrogen and oxygen atoms in total. The number of ether oxygens (including phenoxy) is 1. The van der Waals surface area contributed by atoms with Crippen LogP contribution in [0.4, 0.5) is 10.2 Å². The molecule has 0 amide bonds. The molecule has 26 heavy (non-hydrogen) atoms. The molecule has 0 saturated carbocycles. The van der Waals surface area contributed by atoms with Gasteiger partial charge in [-0.25, -0.2) is 4.39 Å². The number of nitrogens with zero attached hydrogens (tertiary/aromatic N) is 5. The number of aryl methyl sites for hydroxylation is 1. The monoisotopic (exact) mass is 353 g/mol. The van der Waals surface area contributed by atoms with E-state index >= 15 is 0 Å². The first-order chi connectivity index (χ1) is 12.5. The maximum Gasteiger partial charge on any atom is 0.151 e. The minimum atomic E-state index is -0.441. The van der Waals surface area contributed by atoms with Gasteiger partial charge in [-0.2, -0.15) is 5.10 Å². The van der Waals surface area contributed by atoms with Gasteiger partial charge in [0.15, 0.2) is 5.82 Å². The molecule has 0 bridgehead atoms. The Morgan fingerprint density at radius 3 is 2.58 bits per heavy atom. The second-order valence-corrected chi connectivity index (χ2v) is 6.69. The number of benzene rings is 1. The molecule has 0 aliphatic carbocycles. The zero-order chi connectivity index (χ0) is 18.1. The summed E-state index contributed by atoms with van der Waals surface area (Å²) in [5, 5.41) is 12.9. The van der Waals surface area contributed by atoms with E-state index in [0.717, 1.165) is 29.2 Å². The Balaban J connectivity index is 1.54. The molecule has 2 aromatic heterocycles. The standard InChI is InChI=1S/C19H20FN5O/c1-19(15-11-21-24(2)12-15)13-25(9-10-26-19)18-8-7-17(22-23-18)14-3-5-16(20)6-4-14/h3-8,11-12H,9-10,13H2,1-2H3. The molecular weight excluding hydrogens is 333 g/mol. The van der Waals surface area contributed by atoms with Gasteiger partial charge in [0.25, 0.3) is 0 Å². The maximum atomic E-state index is 13.1. The van der Waals surface area contributed by atoms with Crippen molar-refractivity contribution in [1.82, 2.24) is 20.0 Å². The van der Waals surface area contributed by atoms with Gasteiger partial charge < -0.3 is 9.64 Å². The number of halogens is 1. The summed E-state index contributed by atoms with van der Waals surface area (Å²) >= 11 is 0. The molecule has 7 heteroatoms. The second-order valence-electron chi connectivity index (χ2n) is 6.69. The fourth-order valence-electron chi connectivity index (χ4n) is 3.20. The molecule has 4 rings (SSSR count). The summed E-state index contributed by atoms with van der Waals surface area (Å²) in [4.78, 5) is 2.16. The summed E-state index contributed by atoms with van der Waals surface area (Å²) in [7, 11) is 1.90. The van der Waals surface area contributed by atoms with Crippen molar-refractivity contribution in [3.05, 3.63) is 60.2 Å². The third-order valence-corrected chi connectivity index (χ3v) is 4.70. The molecule has 3 heterocycles. The quantitative estimate of drug-likeness (QED) is 0.725. The van der Waals surface area contributed by atoms with Crippen LogP contribution in [-0.2, 0) is 17.4 Å². The van der Waals surface area contributed by atoms with Crippen molar-refractivity contribution in [3.8, 4) is 11.3 Å². The lowest BCUT2D eigenvalue weighted by Crippen LogP contribution is -2.48. The number of morpholine rings is 1. The molecule has 1 aliphatic rings. The molecule has 0 radical (unpaired) electrons. The van der Waals surface area contributed by atoms with Crippen molar-refractivity contribution < 1.29 is 9.13 Å². The SMILES string of the molecule is Cn1cc(C2(C)CN(c3ccc(-c4ccc(F)cc4)nn3)CCO2)cn1. The van der Waals surface area contributed by atoms with Crippen molar-refractivity contribution in [2.24, 2.45) is 7.05 Å². The summed E-state index contributed by atoms with van der Waals surface area (Å²) in [6, 6.07) is 10.1. The van der Waals surface area contributed by atoms with Crippen LogP contribution in [0.1, 0.15) is 12.5 Å². The van der Waals surface area contributed by atoms with Crippen molar-refractivity contribution >= 4 is 5.82 Å². The lowest BCUT2D eigenvalue weighted by Gasteiger charge is -2.40. The Kier molecular flexibility index (Phi) is 4.16. The zero-order valence-electron chi connectivity index (χ0n) is 14.8. The Morgan fingerprint density at radius 1 is 1.12 bits per heavy atom. The molecule has 134 valence electrons. The average molecular weight is 353 g/mol. The first-order valence-corrected chi connectivity index (χ1v) is 8.51. The highest BCUT2D eigenvalue weighted by atomic mass is 19.1. The summed E-state index contributed by atoms with van der Waals surface area (Å²) in [5.74, 6) is 0.538. The van der Waals surface area contributed by atoms with Crippen molar-refractivity contribution in [2.45, 2.75) is 12.5 Å². The predicted molar refractivity (Wildman–Crippen MR) is 96.2 cm³/mol. The van der Waals surface area contributed by atoms with Gasteiger partial charge in [-0.3, -0.25) is 4.68 Å². The normalized spacial score (nSPS) is 20.3. The third-order valence-electron chi connectivity index (χ3n) is 4.70. The van der Waals surface area contributed by atoms with Crippen LogP contribution in [0.25, 0.3) is 11.3 Å². The Bertz CT molecular complexity index is 893. The summed E-state index contributed by atoms with van der Waals surface area (Å²) in [5.41, 5.74) is 2.16. The van der Waals surface area contributed by atoms with Gasteiger partial charge in [-0.15, -0.1) is 10.2 Å². The molecule has 1 fully saturated rings.